The fourth-order valence-electron chi connectivity index (χ4n) is 4.08. The van der Waals surface area contributed by atoms with Gasteiger partial charge in [0, 0.05) is 37.9 Å². The Balaban J connectivity index is 1.30. The fourth-order valence-corrected chi connectivity index (χ4v) is 4.08. The Labute approximate surface area is 158 Å². The molecule has 0 aliphatic carbocycles. The number of nitrogens with one attached hydrogen (secondary N) is 1. The van der Waals surface area contributed by atoms with Crippen LogP contribution < -0.4 is 9.64 Å². The normalized spacial score (nSPS) is 21.0. The molecular formula is C21H24N4O2. The van der Waals surface area contributed by atoms with Gasteiger partial charge in [-0.15, -0.1) is 0 Å². The number of aromatic amines is 1. The first-order valence-electron chi connectivity index (χ1n) is 9.76. The third kappa shape index (κ3) is 3.37. The van der Waals surface area contributed by atoms with Crippen LogP contribution in [0.4, 0.5) is 5.95 Å². The second-order valence-electron chi connectivity index (χ2n) is 7.34. The van der Waals surface area contributed by atoms with E-state index in [4.69, 9.17) is 14.5 Å². The summed E-state index contributed by atoms with van der Waals surface area (Å²) in [6, 6.07) is 12.3. The van der Waals surface area contributed by atoms with Gasteiger partial charge in [0.05, 0.1) is 17.6 Å². The van der Waals surface area contributed by atoms with Crippen LogP contribution in [0.3, 0.4) is 0 Å². The summed E-state index contributed by atoms with van der Waals surface area (Å²) in [6.45, 7) is 3.40. The molecule has 6 heteroatoms. The maximum Gasteiger partial charge on any atom is 0.217 e. The number of nitrogens with zero attached hydrogens (tertiary/aromatic N) is 3. The number of benzene rings is 1. The summed E-state index contributed by atoms with van der Waals surface area (Å²) < 4.78 is 11.9. The fraction of sp³-hybridized carbons (Fsp3) is 0.429. The molecular weight excluding hydrogens is 340 g/mol. The van der Waals surface area contributed by atoms with Crippen LogP contribution in [0.15, 0.2) is 42.6 Å². The van der Waals surface area contributed by atoms with Crippen molar-refractivity contribution < 1.29 is 9.47 Å². The Kier molecular flexibility index (Phi) is 4.41. The van der Waals surface area contributed by atoms with Crippen molar-refractivity contribution in [3.8, 4) is 5.88 Å². The van der Waals surface area contributed by atoms with Gasteiger partial charge in [-0.1, -0.05) is 18.2 Å². The van der Waals surface area contributed by atoms with Gasteiger partial charge in [-0.25, -0.2) is 9.97 Å². The van der Waals surface area contributed by atoms with Crippen LogP contribution in [-0.4, -0.2) is 47.4 Å². The predicted molar refractivity (Wildman–Crippen MR) is 104 cm³/mol. The standard InChI is InChI=1S/C21H24N4O2/c1-2-6-19-18(5-1)23-21(24-19)25-11-7-16(14-25)27-20-17(4-3-10-22-20)15-8-12-26-13-9-15/h1-6,10,15-16H,7-9,11-14H2,(H,23,24)/t16-/m1/s1. The molecule has 2 fully saturated rings. The van der Waals surface area contributed by atoms with E-state index in [2.05, 4.69) is 27.0 Å². The highest BCUT2D eigenvalue weighted by Crippen LogP contribution is 2.33. The highest BCUT2D eigenvalue weighted by molar-refractivity contribution is 5.77. The quantitative estimate of drug-likeness (QED) is 0.768. The first-order chi connectivity index (χ1) is 13.4. The van der Waals surface area contributed by atoms with E-state index in [1.165, 1.54) is 5.56 Å². The highest BCUT2D eigenvalue weighted by Gasteiger charge is 2.28. The summed E-state index contributed by atoms with van der Waals surface area (Å²) >= 11 is 0. The number of rotatable bonds is 4. The number of hydrogen-bond donors (Lipinski definition) is 1. The Bertz CT molecular complexity index is 886. The summed E-state index contributed by atoms with van der Waals surface area (Å²) in [5.74, 6) is 2.20. The molecule has 4 heterocycles. The summed E-state index contributed by atoms with van der Waals surface area (Å²) in [7, 11) is 0. The Morgan fingerprint density at radius 2 is 1.96 bits per heavy atom. The van der Waals surface area contributed by atoms with Crippen molar-refractivity contribution in [2.45, 2.75) is 31.3 Å². The van der Waals surface area contributed by atoms with Gasteiger partial charge in [0.25, 0.3) is 0 Å². The largest absolute Gasteiger partial charge is 0.472 e. The predicted octanol–water partition coefficient (Wildman–Crippen LogP) is 3.51. The summed E-state index contributed by atoms with van der Waals surface area (Å²) in [5, 5.41) is 0. The minimum Gasteiger partial charge on any atom is -0.472 e. The average molecular weight is 364 g/mol. The zero-order valence-corrected chi connectivity index (χ0v) is 15.3. The molecule has 0 radical (unpaired) electrons. The maximum atomic E-state index is 6.35. The molecule has 0 spiro atoms. The monoisotopic (exact) mass is 364 g/mol. The maximum absolute atomic E-state index is 6.35. The molecule has 1 aromatic carbocycles. The van der Waals surface area contributed by atoms with E-state index in [0.717, 1.165) is 68.4 Å². The molecule has 0 amide bonds. The molecule has 0 unspecified atom stereocenters. The number of anilines is 1. The van der Waals surface area contributed by atoms with Crippen molar-refractivity contribution in [1.82, 2.24) is 15.0 Å². The van der Waals surface area contributed by atoms with Gasteiger partial charge in [0.15, 0.2) is 0 Å². The number of pyridine rings is 1. The molecule has 3 aromatic rings. The van der Waals surface area contributed by atoms with Crippen molar-refractivity contribution in [3.05, 3.63) is 48.2 Å². The summed E-state index contributed by atoms with van der Waals surface area (Å²) in [5.41, 5.74) is 3.30. The average Bonchev–Trinajstić information content (AvgIpc) is 3.36. The van der Waals surface area contributed by atoms with Gasteiger partial charge in [0.1, 0.15) is 6.10 Å². The van der Waals surface area contributed by atoms with Crippen molar-refractivity contribution in [3.63, 3.8) is 0 Å². The third-order valence-corrected chi connectivity index (χ3v) is 5.56. The molecule has 2 aromatic heterocycles. The number of aromatic nitrogens is 3. The number of ether oxygens (including phenoxy) is 2. The molecule has 0 bridgehead atoms. The van der Waals surface area contributed by atoms with E-state index in [1.807, 2.05) is 30.5 Å². The summed E-state index contributed by atoms with van der Waals surface area (Å²) in [6.07, 6.45) is 5.01. The van der Waals surface area contributed by atoms with Crippen LogP contribution in [0.2, 0.25) is 0 Å². The Hall–Kier alpha value is -2.60. The minimum atomic E-state index is 0.131. The van der Waals surface area contributed by atoms with Crippen molar-refractivity contribution in [1.29, 1.82) is 0 Å². The number of imidazole rings is 1. The van der Waals surface area contributed by atoms with Crippen molar-refractivity contribution >= 4 is 17.0 Å². The molecule has 140 valence electrons. The molecule has 27 heavy (non-hydrogen) atoms. The van der Waals surface area contributed by atoms with Crippen LogP contribution in [0, 0.1) is 0 Å². The zero-order valence-electron chi connectivity index (χ0n) is 15.3. The zero-order chi connectivity index (χ0) is 18.1. The lowest BCUT2D eigenvalue weighted by Crippen LogP contribution is -2.26. The molecule has 2 aliphatic rings. The smallest absolute Gasteiger partial charge is 0.217 e. The molecule has 2 saturated heterocycles. The van der Waals surface area contributed by atoms with E-state index in [1.54, 1.807) is 0 Å². The second-order valence-corrected chi connectivity index (χ2v) is 7.34. The first kappa shape index (κ1) is 16.6. The van der Waals surface area contributed by atoms with E-state index < -0.39 is 0 Å². The van der Waals surface area contributed by atoms with Crippen molar-refractivity contribution in [2.75, 3.05) is 31.2 Å². The number of para-hydroxylation sites is 2. The molecule has 5 rings (SSSR count). The lowest BCUT2D eigenvalue weighted by atomic mass is 9.92. The topological polar surface area (TPSA) is 63.3 Å². The SMILES string of the molecule is c1cnc(O[C@@H]2CCN(c3nc4ccccc4[nH]3)C2)c(C2CCOCC2)c1. The van der Waals surface area contributed by atoms with Crippen LogP contribution >= 0.6 is 0 Å². The van der Waals surface area contributed by atoms with Crippen molar-refractivity contribution in [2.24, 2.45) is 0 Å². The van der Waals surface area contributed by atoms with Gasteiger partial charge >= 0.3 is 0 Å². The lowest BCUT2D eigenvalue weighted by Gasteiger charge is -2.25. The minimum absolute atomic E-state index is 0.131. The van der Waals surface area contributed by atoms with E-state index in [9.17, 15) is 0 Å². The molecule has 2 aliphatic heterocycles. The number of hydrogen-bond acceptors (Lipinski definition) is 5. The van der Waals surface area contributed by atoms with Gasteiger partial charge < -0.3 is 19.4 Å². The third-order valence-electron chi connectivity index (χ3n) is 5.56. The van der Waals surface area contributed by atoms with Crippen LogP contribution in [0.1, 0.15) is 30.7 Å². The van der Waals surface area contributed by atoms with E-state index >= 15 is 0 Å². The van der Waals surface area contributed by atoms with Gasteiger partial charge in [-0.2, -0.15) is 0 Å². The Morgan fingerprint density at radius 1 is 1.07 bits per heavy atom. The molecule has 1 atom stereocenters. The van der Waals surface area contributed by atoms with Crippen LogP contribution in [-0.2, 0) is 4.74 Å². The first-order valence-corrected chi connectivity index (χ1v) is 9.76. The van der Waals surface area contributed by atoms with Crippen LogP contribution in [0.25, 0.3) is 11.0 Å². The van der Waals surface area contributed by atoms with E-state index in [-0.39, 0.29) is 6.10 Å². The number of H-pyrrole nitrogens is 1. The Morgan fingerprint density at radius 3 is 2.85 bits per heavy atom. The highest BCUT2D eigenvalue weighted by atomic mass is 16.5. The van der Waals surface area contributed by atoms with Gasteiger partial charge in [-0.05, 0) is 37.0 Å². The molecule has 0 saturated carbocycles. The molecule has 1 N–H and O–H groups in total. The second kappa shape index (κ2) is 7.19. The number of fused-ring (bicyclic) bond motifs is 1. The molecule has 6 nitrogen and oxygen atoms in total. The lowest BCUT2D eigenvalue weighted by molar-refractivity contribution is 0.0840. The van der Waals surface area contributed by atoms with E-state index in [0.29, 0.717) is 5.92 Å². The van der Waals surface area contributed by atoms with Crippen LogP contribution in [0.5, 0.6) is 5.88 Å². The summed E-state index contributed by atoms with van der Waals surface area (Å²) in [4.78, 5) is 14.9. The van der Waals surface area contributed by atoms with Gasteiger partial charge in [0.2, 0.25) is 11.8 Å². The van der Waals surface area contributed by atoms with Gasteiger partial charge in [-0.3, -0.25) is 0 Å².